The summed E-state index contributed by atoms with van der Waals surface area (Å²) in [4.78, 5) is 8.53. The van der Waals surface area contributed by atoms with Crippen LogP contribution in [0.25, 0.3) is 0 Å². The normalized spacial score (nSPS) is 12.2. The first kappa shape index (κ1) is 14.1. The Balaban J connectivity index is 2.64. The molecule has 1 heterocycles. The first-order chi connectivity index (χ1) is 8.22. The van der Waals surface area contributed by atoms with Crippen LogP contribution in [0, 0.1) is 0 Å². The summed E-state index contributed by atoms with van der Waals surface area (Å²) in [6.07, 6.45) is 5.82. The Morgan fingerprint density at radius 3 is 2.65 bits per heavy atom. The van der Waals surface area contributed by atoms with Gasteiger partial charge in [0.25, 0.3) is 0 Å². The molecule has 0 fully saturated rings. The minimum absolute atomic E-state index is 0.679. The van der Waals surface area contributed by atoms with Crippen LogP contribution < -0.4 is 10.6 Å². The van der Waals surface area contributed by atoms with E-state index in [2.05, 4.69) is 40.7 Å². The van der Waals surface area contributed by atoms with Gasteiger partial charge in [-0.2, -0.15) is 11.8 Å². The topological polar surface area (TPSA) is 49.8 Å². The Bertz CT molecular complexity index is 343. The van der Waals surface area contributed by atoms with Crippen LogP contribution in [0.3, 0.4) is 0 Å². The molecule has 96 valence electrons. The lowest BCUT2D eigenvalue weighted by Crippen LogP contribution is -2.12. The van der Waals surface area contributed by atoms with E-state index in [4.69, 9.17) is 0 Å². The molecule has 1 atom stereocenters. The molecular formula is C12H22N4S. The molecular weight excluding hydrogens is 232 g/mol. The zero-order chi connectivity index (χ0) is 12.7. The summed E-state index contributed by atoms with van der Waals surface area (Å²) in [6, 6.07) is 0. The summed E-state index contributed by atoms with van der Waals surface area (Å²) in [5.41, 5.74) is 1.16. The van der Waals surface area contributed by atoms with Crippen molar-refractivity contribution >= 4 is 23.4 Å². The van der Waals surface area contributed by atoms with Gasteiger partial charge in [-0.3, -0.25) is 0 Å². The highest BCUT2D eigenvalue weighted by molar-refractivity contribution is 7.99. The fraction of sp³-hybridized carbons (Fsp3) is 0.667. The van der Waals surface area contributed by atoms with Crippen LogP contribution in [0.1, 0.15) is 25.8 Å². The maximum atomic E-state index is 4.31. The van der Waals surface area contributed by atoms with Gasteiger partial charge in [0.2, 0.25) is 0 Å². The average Bonchev–Trinajstić information content (AvgIpc) is 2.37. The van der Waals surface area contributed by atoms with E-state index < -0.39 is 0 Å². The number of thioether (sulfide) groups is 1. The molecule has 1 aromatic heterocycles. The molecule has 0 aromatic carbocycles. The molecule has 1 rings (SSSR count). The highest BCUT2D eigenvalue weighted by Crippen LogP contribution is 2.20. The van der Waals surface area contributed by atoms with Gasteiger partial charge in [-0.1, -0.05) is 13.8 Å². The van der Waals surface area contributed by atoms with Crippen molar-refractivity contribution in [2.75, 3.05) is 30.5 Å². The minimum atomic E-state index is 0.679. The van der Waals surface area contributed by atoms with Crippen molar-refractivity contribution in [2.45, 2.75) is 31.9 Å². The highest BCUT2D eigenvalue weighted by Gasteiger charge is 2.08. The van der Waals surface area contributed by atoms with Gasteiger partial charge in [-0.25, -0.2) is 9.97 Å². The van der Waals surface area contributed by atoms with E-state index in [1.54, 1.807) is 6.33 Å². The van der Waals surface area contributed by atoms with E-state index in [1.165, 1.54) is 0 Å². The van der Waals surface area contributed by atoms with Crippen LogP contribution in [0.15, 0.2) is 6.33 Å². The molecule has 0 aliphatic heterocycles. The number of hydrogen-bond donors (Lipinski definition) is 2. The molecule has 5 heteroatoms. The number of nitrogens with zero attached hydrogens (tertiary/aromatic N) is 2. The molecule has 1 unspecified atom stereocenters. The summed E-state index contributed by atoms with van der Waals surface area (Å²) in [7, 11) is 1.89. The standard InChI is InChI=1S/C12H22N4S/c1-5-10-11(13-3)15-8-16-12(10)14-7-6-9(2)17-4/h8-9H,5-7H2,1-4H3,(H2,13,14,15,16). The lowest BCUT2D eigenvalue weighted by atomic mass is 10.2. The van der Waals surface area contributed by atoms with Crippen LogP contribution in [-0.4, -0.2) is 35.1 Å². The van der Waals surface area contributed by atoms with Crippen LogP contribution in [0.4, 0.5) is 11.6 Å². The van der Waals surface area contributed by atoms with Gasteiger partial charge < -0.3 is 10.6 Å². The quantitative estimate of drug-likeness (QED) is 0.783. The molecule has 2 N–H and O–H groups in total. The van der Waals surface area contributed by atoms with Crippen molar-refractivity contribution in [3.63, 3.8) is 0 Å². The van der Waals surface area contributed by atoms with Crippen molar-refractivity contribution in [3.8, 4) is 0 Å². The summed E-state index contributed by atoms with van der Waals surface area (Å²) in [5, 5.41) is 7.18. The second-order valence-corrected chi connectivity index (χ2v) is 5.19. The van der Waals surface area contributed by atoms with Gasteiger partial charge in [-0.15, -0.1) is 0 Å². The monoisotopic (exact) mass is 254 g/mol. The zero-order valence-corrected chi connectivity index (χ0v) is 11.9. The summed E-state index contributed by atoms with van der Waals surface area (Å²) in [6.45, 7) is 5.32. The van der Waals surface area contributed by atoms with Crippen LogP contribution in [-0.2, 0) is 6.42 Å². The van der Waals surface area contributed by atoms with Gasteiger partial charge in [0, 0.05) is 24.4 Å². The predicted molar refractivity (Wildman–Crippen MR) is 77.0 cm³/mol. The Morgan fingerprint density at radius 2 is 2.06 bits per heavy atom. The van der Waals surface area contributed by atoms with E-state index in [-0.39, 0.29) is 0 Å². The third kappa shape index (κ3) is 4.07. The molecule has 4 nitrogen and oxygen atoms in total. The summed E-state index contributed by atoms with van der Waals surface area (Å²) >= 11 is 1.89. The van der Waals surface area contributed by atoms with Crippen LogP contribution in [0.2, 0.25) is 0 Å². The predicted octanol–water partition coefficient (Wildman–Crippen LogP) is 2.63. The van der Waals surface area contributed by atoms with Crippen LogP contribution in [0.5, 0.6) is 0 Å². The molecule has 0 aliphatic rings. The number of anilines is 2. The number of nitrogens with one attached hydrogen (secondary N) is 2. The smallest absolute Gasteiger partial charge is 0.134 e. The van der Waals surface area contributed by atoms with Gasteiger partial charge in [0.05, 0.1) is 0 Å². The van der Waals surface area contributed by atoms with E-state index >= 15 is 0 Å². The average molecular weight is 254 g/mol. The SMILES string of the molecule is CCc1c(NC)ncnc1NCCC(C)SC. The third-order valence-corrected chi connectivity index (χ3v) is 3.82. The van der Waals surface area contributed by atoms with Crippen molar-refractivity contribution in [2.24, 2.45) is 0 Å². The molecule has 0 bridgehead atoms. The van der Waals surface area contributed by atoms with E-state index in [0.717, 1.165) is 36.6 Å². The molecule has 1 aromatic rings. The molecule has 0 spiro atoms. The molecule has 0 radical (unpaired) electrons. The molecule has 0 amide bonds. The maximum absolute atomic E-state index is 4.31. The lowest BCUT2D eigenvalue weighted by Gasteiger charge is -2.14. The molecule has 0 saturated heterocycles. The van der Waals surface area contributed by atoms with E-state index in [0.29, 0.717) is 5.25 Å². The second kappa shape index (κ2) is 7.37. The Hall–Kier alpha value is -0.970. The number of hydrogen-bond acceptors (Lipinski definition) is 5. The van der Waals surface area contributed by atoms with E-state index in [1.807, 2.05) is 18.8 Å². The molecule has 17 heavy (non-hydrogen) atoms. The first-order valence-electron chi connectivity index (χ1n) is 6.01. The van der Waals surface area contributed by atoms with Gasteiger partial charge in [0.1, 0.15) is 18.0 Å². The third-order valence-electron chi connectivity index (χ3n) is 2.78. The van der Waals surface area contributed by atoms with Crippen molar-refractivity contribution in [1.29, 1.82) is 0 Å². The number of rotatable bonds is 7. The minimum Gasteiger partial charge on any atom is -0.373 e. The van der Waals surface area contributed by atoms with Gasteiger partial charge in [-0.05, 0) is 19.1 Å². The second-order valence-electron chi connectivity index (χ2n) is 3.91. The Labute approximate surface area is 108 Å². The first-order valence-corrected chi connectivity index (χ1v) is 7.30. The molecule has 0 aliphatic carbocycles. The van der Waals surface area contributed by atoms with Crippen molar-refractivity contribution in [1.82, 2.24) is 9.97 Å². The fourth-order valence-corrected chi connectivity index (χ4v) is 1.98. The summed E-state index contributed by atoms with van der Waals surface area (Å²) in [5.74, 6) is 1.88. The van der Waals surface area contributed by atoms with Gasteiger partial charge in [0.15, 0.2) is 0 Å². The number of aromatic nitrogens is 2. The van der Waals surface area contributed by atoms with E-state index in [9.17, 15) is 0 Å². The Kier molecular flexibility index (Phi) is 6.11. The Morgan fingerprint density at radius 1 is 1.35 bits per heavy atom. The largest absolute Gasteiger partial charge is 0.373 e. The zero-order valence-electron chi connectivity index (χ0n) is 11.1. The van der Waals surface area contributed by atoms with Gasteiger partial charge >= 0.3 is 0 Å². The van der Waals surface area contributed by atoms with Crippen LogP contribution >= 0.6 is 11.8 Å². The molecule has 0 saturated carbocycles. The van der Waals surface area contributed by atoms with Crippen molar-refractivity contribution in [3.05, 3.63) is 11.9 Å². The summed E-state index contributed by atoms with van der Waals surface area (Å²) < 4.78 is 0. The highest BCUT2D eigenvalue weighted by atomic mass is 32.2. The maximum Gasteiger partial charge on any atom is 0.134 e. The lowest BCUT2D eigenvalue weighted by molar-refractivity contribution is 0.846. The van der Waals surface area contributed by atoms with Crippen molar-refractivity contribution < 1.29 is 0 Å². The fourth-order valence-electron chi connectivity index (χ4n) is 1.63.